The van der Waals surface area contributed by atoms with Crippen molar-refractivity contribution in [3.05, 3.63) is 77.4 Å². The number of anilines is 1. The number of benzene rings is 2. The first kappa shape index (κ1) is 16.5. The van der Waals surface area contributed by atoms with Crippen molar-refractivity contribution in [3.63, 3.8) is 0 Å². The van der Waals surface area contributed by atoms with Crippen LogP contribution in [0.5, 0.6) is 0 Å². The summed E-state index contributed by atoms with van der Waals surface area (Å²) in [6.07, 6.45) is 2.36. The fraction of sp³-hybridized carbons (Fsp3) is 0.143. The second-order valence-electron chi connectivity index (χ2n) is 6.34. The Morgan fingerprint density at radius 3 is 2.58 bits per heavy atom. The van der Waals surface area contributed by atoms with Crippen molar-refractivity contribution in [1.82, 2.24) is 9.38 Å². The number of aromatic nitrogens is 2. The van der Waals surface area contributed by atoms with Crippen molar-refractivity contribution >= 4 is 27.9 Å². The molecule has 0 saturated heterocycles. The van der Waals surface area contributed by atoms with Crippen LogP contribution in [0.1, 0.15) is 11.3 Å². The van der Waals surface area contributed by atoms with Gasteiger partial charge in [-0.25, -0.2) is 4.98 Å². The molecule has 2 heterocycles. The summed E-state index contributed by atoms with van der Waals surface area (Å²) in [5.41, 5.74) is 5.11. The van der Waals surface area contributed by atoms with Gasteiger partial charge in [-0.2, -0.15) is 0 Å². The maximum atomic E-state index is 12.7. The van der Waals surface area contributed by atoms with Crippen molar-refractivity contribution in [3.8, 4) is 11.3 Å². The first-order valence-corrected chi connectivity index (χ1v) is 9.34. The number of likely N-dealkylation sites (N-methyl/N-ethyl adjacent to an activating group) is 1. The maximum Gasteiger partial charge on any atom is 0.232 e. The van der Waals surface area contributed by atoms with Crippen LogP contribution in [-0.2, 0) is 11.2 Å². The number of fused-ring (bicyclic) bond motifs is 1. The zero-order chi connectivity index (χ0) is 18.1. The molecule has 0 aliphatic rings. The molecule has 0 fully saturated rings. The Hall–Kier alpha value is -2.92. The smallest absolute Gasteiger partial charge is 0.232 e. The zero-order valence-electron chi connectivity index (χ0n) is 14.7. The lowest BCUT2D eigenvalue weighted by molar-refractivity contribution is -0.117. The lowest BCUT2D eigenvalue weighted by atomic mass is 10.1. The summed E-state index contributed by atoms with van der Waals surface area (Å²) < 4.78 is 2.02. The topological polar surface area (TPSA) is 37.6 Å². The van der Waals surface area contributed by atoms with E-state index in [1.54, 1.807) is 16.2 Å². The van der Waals surface area contributed by atoms with Crippen LogP contribution in [0.3, 0.4) is 0 Å². The van der Waals surface area contributed by atoms with Gasteiger partial charge in [0.15, 0.2) is 4.96 Å². The minimum atomic E-state index is 0.0569. The normalized spacial score (nSPS) is 11.0. The van der Waals surface area contributed by atoms with Crippen LogP contribution in [0.15, 0.2) is 66.2 Å². The molecular weight excluding hydrogens is 342 g/mol. The SMILES string of the molecule is Cc1ccc(-c2cn3c(CC(=O)N(C)c4ccccc4)csc3n2)cc1. The van der Waals surface area contributed by atoms with Crippen molar-refractivity contribution in [2.75, 3.05) is 11.9 Å². The molecule has 0 unspecified atom stereocenters. The lowest BCUT2D eigenvalue weighted by Gasteiger charge is -2.16. The fourth-order valence-corrected chi connectivity index (χ4v) is 3.76. The van der Waals surface area contributed by atoms with Crippen LogP contribution >= 0.6 is 11.3 Å². The minimum Gasteiger partial charge on any atom is -0.315 e. The largest absolute Gasteiger partial charge is 0.315 e. The van der Waals surface area contributed by atoms with Gasteiger partial charge in [0.25, 0.3) is 0 Å². The van der Waals surface area contributed by atoms with Crippen molar-refractivity contribution in [1.29, 1.82) is 0 Å². The molecule has 0 spiro atoms. The molecule has 26 heavy (non-hydrogen) atoms. The summed E-state index contributed by atoms with van der Waals surface area (Å²) in [6, 6.07) is 18.0. The Labute approximate surface area is 156 Å². The minimum absolute atomic E-state index is 0.0569. The molecule has 2 aromatic carbocycles. The molecule has 4 aromatic rings. The van der Waals surface area contributed by atoms with Gasteiger partial charge < -0.3 is 4.90 Å². The molecule has 4 rings (SSSR count). The maximum absolute atomic E-state index is 12.7. The molecular formula is C21H19N3OS. The van der Waals surface area contributed by atoms with E-state index < -0.39 is 0 Å². The molecule has 2 aromatic heterocycles. The summed E-state index contributed by atoms with van der Waals surface area (Å²) in [7, 11) is 1.81. The van der Waals surface area contributed by atoms with Crippen LogP contribution in [-0.4, -0.2) is 22.3 Å². The van der Waals surface area contributed by atoms with Gasteiger partial charge in [-0.3, -0.25) is 9.20 Å². The number of hydrogen-bond donors (Lipinski definition) is 0. The molecule has 4 nitrogen and oxygen atoms in total. The van der Waals surface area contributed by atoms with E-state index in [1.807, 2.05) is 53.4 Å². The molecule has 130 valence electrons. The van der Waals surface area contributed by atoms with E-state index in [2.05, 4.69) is 31.2 Å². The fourth-order valence-electron chi connectivity index (χ4n) is 2.89. The highest BCUT2D eigenvalue weighted by atomic mass is 32.1. The Kier molecular flexibility index (Phi) is 4.31. The molecule has 0 radical (unpaired) electrons. The molecule has 0 aliphatic heterocycles. The van der Waals surface area contributed by atoms with E-state index in [0.717, 1.165) is 27.6 Å². The quantitative estimate of drug-likeness (QED) is 0.534. The van der Waals surface area contributed by atoms with Crippen LogP contribution in [0.25, 0.3) is 16.2 Å². The van der Waals surface area contributed by atoms with Crippen LogP contribution in [0.4, 0.5) is 5.69 Å². The predicted octanol–water partition coefficient (Wildman–Crippen LogP) is 4.58. The van der Waals surface area contributed by atoms with E-state index in [0.29, 0.717) is 6.42 Å². The van der Waals surface area contributed by atoms with E-state index in [-0.39, 0.29) is 5.91 Å². The van der Waals surface area contributed by atoms with Crippen LogP contribution < -0.4 is 4.90 Å². The number of carbonyl (C=O) groups excluding carboxylic acids is 1. The molecule has 0 bridgehead atoms. The van der Waals surface area contributed by atoms with Gasteiger partial charge in [0.1, 0.15) is 0 Å². The Morgan fingerprint density at radius 1 is 1.12 bits per heavy atom. The van der Waals surface area contributed by atoms with Crippen molar-refractivity contribution in [2.45, 2.75) is 13.3 Å². The molecule has 0 atom stereocenters. The second-order valence-corrected chi connectivity index (χ2v) is 7.17. The monoisotopic (exact) mass is 361 g/mol. The number of imidazole rings is 1. The van der Waals surface area contributed by atoms with Gasteiger partial charge >= 0.3 is 0 Å². The van der Waals surface area contributed by atoms with Crippen molar-refractivity contribution < 1.29 is 4.79 Å². The zero-order valence-corrected chi connectivity index (χ0v) is 15.5. The third-order valence-electron chi connectivity index (χ3n) is 4.48. The van der Waals surface area contributed by atoms with Crippen molar-refractivity contribution in [2.24, 2.45) is 0 Å². The third-order valence-corrected chi connectivity index (χ3v) is 5.37. The van der Waals surface area contributed by atoms with Crippen LogP contribution in [0, 0.1) is 6.92 Å². The summed E-state index contributed by atoms with van der Waals surface area (Å²) >= 11 is 1.56. The van der Waals surface area contributed by atoms with Gasteiger partial charge in [0.2, 0.25) is 5.91 Å². The Balaban J connectivity index is 1.59. The number of carbonyl (C=O) groups is 1. The summed E-state index contributed by atoms with van der Waals surface area (Å²) in [4.78, 5) is 20.0. The Morgan fingerprint density at radius 2 is 1.85 bits per heavy atom. The molecule has 0 saturated carbocycles. The summed E-state index contributed by atoms with van der Waals surface area (Å²) in [6.45, 7) is 2.07. The molecule has 1 amide bonds. The summed E-state index contributed by atoms with van der Waals surface area (Å²) in [5, 5.41) is 2.01. The molecule has 5 heteroatoms. The van der Waals surface area contributed by atoms with E-state index >= 15 is 0 Å². The van der Waals surface area contributed by atoms with Gasteiger partial charge in [-0.05, 0) is 19.1 Å². The van der Waals surface area contributed by atoms with E-state index in [1.165, 1.54) is 5.56 Å². The lowest BCUT2D eigenvalue weighted by Crippen LogP contribution is -2.28. The Bertz CT molecular complexity index is 1050. The number of nitrogens with zero attached hydrogens (tertiary/aromatic N) is 3. The first-order valence-electron chi connectivity index (χ1n) is 8.46. The van der Waals surface area contributed by atoms with Gasteiger partial charge in [-0.15, -0.1) is 11.3 Å². The first-order chi connectivity index (χ1) is 12.6. The highest BCUT2D eigenvalue weighted by Crippen LogP contribution is 2.24. The third kappa shape index (κ3) is 3.13. The second kappa shape index (κ2) is 6.77. The molecule has 0 N–H and O–H groups in total. The number of hydrogen-bond acceptors (Lipinski definition) is 3. The average molecular weight is 361 g/mol. The highest BCUT2D eigenvalue weighted by Gasteiger charge is 2.16. The van der Waals surface area contributed by atoms with E-state index in [9.17, 15) is 4.79 Å². The number of para-hydroxylation sites is 1. The summed E-state index contributed by atoms with van der Waals surface area (Å²) in [5.74, 6) is 0.0569. The number of amides is 1. The molecule has 0 aliphatic carbocycles. The van der Waals surface area contributed by atoms with Gasteiger partial charge in [0, 0.05) is 35.6 Å². The highest BCUT2D eigenvalue weighted by molar-refractivity contribution is 7.15. The average Bonchev–Trinajstić information content (AvgIpc) is 3.24. The van der Waals surface area contributed by atoms with E-state index in [4.69, 9.17) is 4.98 Å². The van der Waals surface area contributed by atoms with Gasteiger partial charge in [-0.1, -0.05) is 48.0 Å². The predicted molar refractivity (Wildman–Crippen MR) is 107 cm³/mol. The number of aryl methyl sites for hydroxylation is 1. The number of rotatable bonds is 4. The standard InChI is InChI=1S/C21H19N3OS/c1-15-8-10-16(11-9-15)19-13-24-18(14-26-21(24)22-19)12-20(25)23(2)17-6-4-3-5-7-17/h3-11,13-14H,12H2,1-2H3. The van der Waals surface area contributed by atoms with Crippen LogP contribution in [0.2, 0.25) is 0 Å². The van der Waals surface area contributed by atoms with Gasteiger partial charge in [0.05, 0.1) is 12.1 Å². The number of thiazole rings is 1.